The van der Waals surface area contributed by atoms with Crippen LogP contribution in [-0.4, -0.2) is 63.2 Å². The molecule has 0 aliphatic carbocycles. The minimum Gasteiger partial charge on any atom is -0.380 e. The minimum absolute atomic E-state index is 0.487. The van der Waals surface area contributed by atoms with Crippen LogP contribution in [0.3, 0.4) is 0 Å². The van der Waals surface area contributed by atoms with Crippen molar-refractivity contribution in [1.82, 2.24) is 24.3 Å². The predicted octanol–water partition coefficient (Wildman–Crippen LogP) is 3.17. The van der Waals surface area contributed by atoms with E-state index in [-0.39, 0.29) is 0 Å². The van der Waals surface area contributed by atoms with E-state index in [4.69, 9.17) is 9.72 Å². The zero-order valence-electron chi connectivity index (χ0n) is 17.5. The van der Waals surface area contributed by atoms with Crippen molar-refractivity contribution in [3.63, 3.8) is 0 Å². The summed E-state index contributed by atoms with van der Waals surface area (Å²) in [5.74, 6) is 1.08. The van der Waals surface area contributed by atoms with Crippen LogP contribution in [0.1, 0.15) is 25.2 Å². The van der Waals surface area contributed by atoms with Crippen LogP contribution in [0.15, 0.2) is 48.7 Å². The highest BCUT2D eigenvalue weighted by Gasteiger charge is 2.25. The van der Waals surface area contributed by atoms with E-state index in [9.17, 15) is 0 Å². The standard InChI is InChI=1S/C23H31N5O/c1-3-29-15-14-28-22(25-21-10-7-11-24-23(21)28)18-27-13-12-26(16-19(27)2)17-20-8-5-4-6-9-20/h4-11,19H,3,12-18H2,1-2H3. The Balaban J connectivity index is 1.44. The summed E-state index contributed by atoms with van der Waals surface area (Å²) >= 11 is 0. The molecule has 1 saturated heterocycles. The van der Waals surface area contributed by atoms with E-state index >= 15 is 0 Å². The number of pyridine rings is 1. The smallest absolute Gasteiger partial charge is 0.160 e. The van der Waals surface area contributed by atoms with Gasteiger partial charge in [0.1, 0.15) is 11.3 Å². The van der Waals surface area contributed by atoms with E-state index in [1.165, 1.54) is 5.56 Å². The third kappa shape index (κ3) is 4.83. The summed E-state index contributed by atoms with van der Waals surface area (Å²) < 4.78 is 7.83. The van der Waals surface area contributed by atoms with Crippen LogP contribution in [0.2, 0.25) is 0 Å². The van der Waals surface area contributed by atoms with Gasteiger partial charge in [0.05, 0.1) is 13.2 Å². The van der Waals surface area contributed by atoms with Crippen LogP contribution >= 0.6 is 0 Å². The molecule has 1 aliphatic rings. The Labute approximate surface area is 173 Å². The van der Waals surface area contributed by atoms with Crippen molar-refractivity contribution in [2.45, 2.75) is 39.5 Å². The summed E-state index contributed by atoms with van der Waals surface area (Å²) in [5.41, 5.74) is 3.31. The van der Waals surface area contributed by atoms with Gasteiger partial charge in [-0.2, -0.15) is 0 Å². The van der Waals surface area contributed by atoms with Crippen molar-refractivity contribution in [3.8, 4) is 0 Å². The van der Waals surface area contributed by atoms with E-state index in [0.29, 0.717) is 12.6 Å². The minimum atomic E-state index is 0.487. The Morgan fingerprint density at radius 2 is 1.93 bits per heavy atom. The molecule has 0 amide bonds. The number of imidazole rings is 1. The fourth-order valence-electron chi connectivity index (χ4n) is 4.13. The second-order valence-electron chi connectivity index (χ2n) is 7.76. The number of benzene rings is 1. The highest BCUT2D eigenvalue weighted by Crippen LogP contribution is 2.19. The maximum atomic E-state index is 5.60. The molecule has 154 valence electrons. The van der Waals surface area contributed by atoms with Gasteiger partial charge in [0.25, 0.3) is 0 Å². The van der Waals surface area contributed by atoms with E-state index in [1.807, 2.05) is 25.3 Å². The van der Waals surface area contributed by atoms with Gasteiger partial charge in [-0.15, -0.1) is 0 Å². The number of hydrogen-bond donors (Lipinski definition) is 0. The second-order valence-corrected chi connectivity index (χ2v) is 7.76. The highest BCUT2D eigenvalue weighted by molar-refractivity contribution is 5.71. The fraction of sp³-hybridized carbons (Fsp3) is 0.478. The SMILES string of the molecule is CCOCCn1c(CN2CCN(Cc3ccccc3)CC2C)nc2cccnc21. The Hall–Kier alpha value is -2.28. The molecule has 3 heterocycles. The third-order valence-corrected chi connectivity index (χ3v) is 5.69. The molecule has 1 unspecified atom stereocenters. The van der Waals surface area contributed by atoms with Crippen molar-refractivity contribution < 1.29 is 4.74 Å². The van der Waals surface area contributed by atoms with Gasteiger partial charge in [-0.3, -0.25) is 9.80 Å². The Kier molecular flexibility index (Phi) is 6.54. The number of hydrogen-bond acceptors (Lipinski definition) is 5. The van der Waals surface area contributed by atoms with Crippen LogP contribution in [0.5, 0.6) is 0 Å². The van der Waals surface area contributed by atoms with Crippen molar-refractivity contribution in [1.29, 1.82) is 0 Å². The van der Waals surface area contributed by atoms with E-state index in [1.54, 1.807) is 0 Å². The lowest BCUT2D eigenvalue weighted by atomic mass is 10.1. The molecule has 1 aromatic carbocycles. The van der Waals surface area contributed by atoms with Crippen LogP contribution < -0.4 is 0 Å². The van der Waals surface area contributed by atoms with Gasteiger partial charge in [-0.1, -0.05) is 30.3 Å². The molecular formula is C23H31N5O. The van der Waals surface area contributed by atoms with E-state index < -0.39 is 0 Å². The number of nitrogens with zero attached hydrogens (tertiary/aromatic N) is 5. The zero-order chi connectivity index (χ0) is 20.1. The summed E-state index contributed by atoms with van der Waals surface area (Å²) in [6.07, 6.45) is 1.84. The van der Waals surface area contributed by atoms with Crippen molar-refractivity contribution >= 4 is 11.2 Å². The lowest BCUT2D eigenvalue weighted by Crippen LogP contribution is -2.51. The number of ether oxygens (including phenoxy) is 1. The van der Waals surface area contributed by atoms with Crippen LogP contribution in [-0.2, 0) is 24.4 Å². The topological polar surface area (TPSA) is 46.4 Å². The highest BCUT2D eigenvalue weighted by atomic mass is 16.5. The summed E-state index contributed by atoms with van der Waals surface area (Å²) in [5, 5.41) is 0. The fourth-order valence-corrected chi connectivity index (χ4v) is 4.13. The summed E-state index contributed by atoms with van der Waals surface area (Å²) in [7, 11) is 0. The molecular weight excluding hydrogens is 362 g/mol. The zero-order valence-corrected chi connectivity index (χ0v) is 17.5. The first kappa shape index (κ1) is 20.0. The molecule has 0 bridgehead atoms. The van der Waals surface area contributed by atoms with Gasteiger partial charge in [-0.25, -0.2) is 9.97 Å². The average Bonchev–Trinajstić information content (AvgIpc) is 3.08. The monoisotopic (exact) mass is 393 g/mol. The molecule has 3 aromatic rings. The molecule has 1 fully saturated rings. The molecule has 1 atom stereocenters. The summed E-state index contributed by atoms with van der Waals surface area (Å²) in [6.45, 7) is 11.6. The lowest BCUT2D eigenvalue weighted by Gasteiger charge is -2.39. The van der Waals surface area contributed by atoms with Gasteiger partial charge in [0.15, 0.2) is 5.65 Å². The Morgan fingerprint density at radius 1 is 1.07 bits per heavy atom. The van der Waals surface area contributed by atoms with Crippen LogP contribution in [0, 0.1) is 0 Å². The van der Waals surface area contributed by atoms with Gasteiger partial charge in [0, 0.05) is 51.6 Å². The van der Waals surface area contributed by atoms with Gasteiger partial charge in [0.2, 0.25) is 0 Å². The van der Waals surface area contributed by atoms with Gasteiger partial charge in [-0.05, 0) is 31.5 Å². The van der Waals surface area contributed by atoms with Gasteiger partial charge < -0.3 is 9.30 Å². The van der Waals surface area contributed by atoms with Crippen molar-refractivity contribution in [3.05, 3.63) is 60.0 Å². The van der Waals surface area contributed by atoms with Crippen LogP contribution in [0.4, 0.5) is 0 Å². The molecule has 0 spiro atoms. The normalized spacial score (nSPS) is 18.5. The molecule has 0 saturated carbocycles. The largest absolute Gasteiger partial charge is 0.380 e. The van der Waals surface area contributed by atoms with Gasteiger partial charge >= 0.3 is 0 Å². The molecule has 1 aliphatic heterocycles. The molecule has 0 N–H and O–H groups in total. The van der Waals surface area contributed by atoms with E-state index in [0.717, 1.165) is 62.9 Å². The first-order valence-electron chi connectivity index (χ1n) is 10.6. The lowest BCUT2D eigenvalue weighted by molar-refractivity contribution is 0.0698. The molecule has 29 heavy (non-hydrogen) atoms. The second kappa shape index (κ2) is 9.48. The Bertz CT molecular complexity index is 910. The van der Waals surface area contributed by atoms with Crippen LogP contribution in [0.25, 0.3) is 11.2 Å². The number of rotatable bonds is 8. The maximum Gasteiger partial charge on any atom is 0.160 e. The first-order chi connectivity index (χ1) is 14.2. The van der Waals surface area contributed by atoms with E-state index in [2.05, 4.69) is 56.6 Å². The quantitative estimate of drug-likeness (QED) is 0.550. The maximum absolute atomic E-state index is 5.60. The third-order valence-electron chi connectivity index (χ3n) is 5.69. The molecule has 6 nitrogen and oxygen atoms in total. The van der Waals surface area contributed by atoms with Crippen molar-refractivity contribution in [2.75, 3.05) is 32.8 Å². The molecule has 6 heteroatoms. The number of aromatic nitrogens is 3. The number of piperazine rings is 1. The average molecular weight is 394 g/mol. The molecule has 4 rings (SSSR count). The first-order valence-corrected chi connectivity index (χ1v) is 10.6. The predicted molar refractivity (Wildman–Crippen MR) is 116 cm³/mol. The summed E-state index contributed by atoms with van der Waals surface area (Å²) in [6, 6.07) is 15.2. The Morgan fingerprint density at radius 3 is 2.72 bits per heavy atom. The molecule has 2 aromatic heterocycles. The molecule has 0 radical (unpaired) electrons. The van der Waals surface area contributed by atoms with Crippen molar-refractivity contribution in [2.24, 2.45) is 0 Å². The number of fused-ring (bicyclic) bond motifs is 1. The summed E-state index contributed by atoms with van der Waals surface area (Å²) in [4.78, 5) is 14.6.